The van der Waals surface area contributed by atoms with Crippen LogP contribution in [0.4, 0.5) is 0 Å². The first kappa shape index (κ1) is 56.2. The number of ether oxygens (including phenoxy) is 3. The van der Waals surface area contributed by atoms with Gasteiger partial charge in [0.1, 0.15) is 12.6 Å². The number of likely N-dealkylation sites (N-methyl/N-ethyl adjacent to an activating group) is 1. The van der Waals surface area contributed by atoms with E-state index in [4.69, 9.17) is 14.2 Å². The van der Waals surface area contributed by atoms with Gasteiger partial charge in [-0.25, -0.2) is 0 Å². The Morgan fingerprint density at radius 3 is 1.45 bits per heavy atom. The number of allylic oxidation sites excluding steroid dienone is 16. The summed E-state index contributed by atoms with van der Waals surface area (Å²) < 4.78 is 17.1. The van der Waals surface area contributed by atoms with Gasteiger partial charge >= 0.3 is 11.9 Å². The number of carbonyl (C=O) groups is 3. The van der Waals surface area contributed by atoms with Crippen LogP contribution in [-0.4, -0.2) is 75.5 Å². The third kappa shape index (κ3) is 39.7. The number of nitrogens with zero attached hydrogens (tertiary/aromatic N) is 1. The minimum absolute atomic E-state index is 0.00681. The molecule has 2 atom stereocenters. The van der Waals surface area contributed by atoms with Crippen LogP contribution in [0.1, 0.15) is 162 Å². The first-order chi connectivity index (χ1) is 29.1. The lowest BCUT2D eigenvalue weighted by atomic mass is 10.1. The molecule has 0 N–H and O–H groups in total. The molecule has 0 bridgehead atoms. The van der Waals surface area contributed by atoms with E-state index in [0.29, 0.717) is 12.8 Å². The van der Waals surface area contributed by atoms with E-state index < -0.39 is 18.1 Å². The standard InChI is InChI=1S/C52H85NO7/c1-6-8-10-12-14-16-18-20-21-22-23-24-25-26-27-28-29-31-33-35-37-39-41-43-51(55)60-48(46-58-45-44-49(52(56)57)53(3,4)5)47-59-50(54)42-40-38-36-34-32-30-19-17-15-13-11-9-7-2/h8,10,14,16,20-21,23-24,26-27,29-32,36,38,48-49H,6-7,9,11-13,15,17-19,22,25,28,33-35,37,39-47H2,1-5H3/b10-8+,16-14+,21-20+,24-23+,27-26+,31-29+,32-30+,38-36+. The summed E-state index contributed by atoms with van der Waals surface area (Å²) in [6, 6.07) is -0.743. The van der Waals surface area contributed by atoms with Crippen molar-refractivity contribution in [2.24, 2.45) is 0 Å². The number of hydrogen-bond donors (Lipinski definition) is 0. The summed E-state index contributed by atoms with van der Waals surface area (Å²) in [4.78, 5) is 36.8. The lowest BCUT2D eigenvalue weighted by Gasteiger charge is -2.34. The molecule has 0 aliphatic heterocycles. The summed E-state index contributed by atoms with van der Waals surface area (Å²) in [7, 11) is 5.37. The van der Waals surface area contributed by atoms with Crippen LogP contribution in [0.2, 0.25) is 0 Å². The molecule has 0 rings (SSSR count). The van der Waals surface area contributed by atoms with Crippen LogP contribution < -0.4 is 5.11 Å². The highest BCUT2D eigenvalue weighted by Crippen LogP contribution is 2.12. The molecule has 2 unspecified atom stereocenters. The molecule has 0 aromatic carbocycles. The number of carbonyl (C=O) groups excluding carboxylic acids is 3. The van der Waals surface area contributed by atoms with Gasteiger partial charge in [-0.2, -0.15) is 0 Å². The van der Waals surface area contributed by atoms with E-state index in [1.807, 2.05) is 6.08 Å². The van der Waals surface area contributed by atoms with Crippen molar-refractivity contribution in [2.45, 2.75) is 174 Å². The fourth-order valence-electron chi connectivity index (χ4n) is 6.13. The Balaban J connectivity index is 4.43. The van der Waals surface area contributed by atoms with Crippen molar-refractivity contribution >= 4 is 17.9 Å². The lowest BCUT2D eigenvalue weighted by molar-refractivity contribution is -0.889. The Hall–Kier alpha value is -3.75. The lowest BCUT2D eigenvalue weighted by Crippen LogP contribution is -2.55. The van der Waals surface area contributed by atoms with Gasteiger partial charge in [-0.05, 0) is 83.5 Å². The number of hydrogen-bond acceptors (Lipinski definition) is 7. The van der Waals surface area contributed by atoms with Gasteiger partial charge in [-0.3, -0.25) is 9.59 Å². The van der Waals surface area contributed by atoms with Crippen LogP contribution in [0.3, 0.4) is 0 Å². The maximum absolute atomic E-state index is 12.7. The molecule has 0 aliphatic carbocycles. The second kappa shape index (κ2) is 42.0. The highest BCUT2D eigenvalue weighted by molar-refractivity contribution is 5.70. The van der Waals surface area contributed by atoms with Crippen LogP contribution >= 0.6 is 0 Å². The van der Waals surface area contributed by atoms with E-state index in [1.54, 1.807) is 21.1 Å². The van der Waals surface area contributed by atoms with Gasteiger partial charge in [0.15, 0.2) is 6.10 Å². The summed E-state index contributed by atoms with van der Waals surface area (Å²) >= 11 is 0. The number of carboxylic acid groups (broad SMARTS) is 1. The van der Waals surface area contributed by atoms with Gasteiger partial charge in [0, 0.05) is 19.3 Å². The van der Waals surface area contributed by atoms with Crippen LogP contribution in [0, 0.1) is 0 Å². The highest BCUT2D eigenvalue weighted by Gasteiger charge is 2.25. The summed E-state index contributed by atoms with van der Waals surface area (Å²) in [5, 5.41) is 11.6. The monoisotopic (exact) mass is 836 g/mol. The molecule has 60 heavy (non-hydrogen) atoms. The van der Waals surface area contributed by atoms with Crippen LogP contribution in [-0.2, 0) is 28.6 Å². The zero-order valence-electron chi connectivity index (χ0n) is 38.6. The van der Waals surface area contributed by atoms with Crippen LogP contribution in [0.25, 0.3) is 0 Å². The molecule has 0 radical (unpaired) electrons. The molecule has 0 aromatic rings. The molecule has 8 nitrogen and oxygen atoms in total. The second-order valence-electron chi connectivity index (χ2n) is 16.3. The Kier molecular flexibility index (Phi) is 39.3. The normalized spacial score (nSPS) is 13.8. The Morgan fingerprint density at radius 2 is 0.967 bits per heavy atom. The Labute approximate surface area is 366 Å². The van der Waals surface area contributed by atoms with Gasteiger partial charge in [-0.15, -0.1) is 0 Å². The molecule has 0 heterocycles. The fourth-order valence-corrected chi connectivity index (χ4v) is 6.13. The maximum atomic E-state index is 12.7. The van der Waals surface area contributed by atoms with E-state index in [9.17, 15) is 19.5 Å². The molecule has 340 valence electrons. The van der Waals surface area contributed by atoms with E-state index in [1.165, 1.54) is 38.5 Å². The number of unbranched alkanes of at least 4 members (excludes halogenated alkanes) is 10. The van der Waals surface area contributed by atoms with Crippen molar-refractivity contribution in [1.82, 2.24) is 0 Å². The van der Waals surface area contributed by atoms with Gasteiger partial charge in [0.05, 0.1) is 40.3 Å². The molecule has 0 aliphatic rings. The first-order valence-electron chi connectivity index (χ1n) is 23.3. The largest absolute Gasteiger partial charge is 0.544 e. The van der Waals surface area contributed by atoms with E-state index in [2.05, 4.69) is 105 Å². The van der Waals surface area contributed by atoms with Gasteiger partial charge < -0.3 is 28.6 Å². The van der Waals surface area contributed by atoms with E-state index in [-0.39, 0.29) is 55.5 Å². The summed E-state index contributed by atoms with van der Waals surface area (Å²) in [5.41, 5.74) is 0. The van der Waals surface area contributed by atoms with Crippen LogP contribution in [0.15, 0.2) is 97.2 Å². The zero-order valence-corrected chi connectivity index (χ0v) is 38.6. The number of rotatable bonds is 40. The van der Waals surface area contributed by atoms with Gasteiger partial charge in [0.25, 0.3) is 0 Å². The molecule has 8 heteroatoms. The van der Waals surface area contributed by atoms with E-state index >= 15 is 0 Å². The highest BCUT2D eigenvalue weighted by atomic mass is 16.6. The van der Waals surface area contributed by atoms with Crippen LogP contribution in [0.5, 0.6) is 0 Å². The third-order valence-corrected chi connectivity index (χ3v) is 9.72. The minimum Gasteiger partial charge on any atom is -0.544 e. The number of quaternary nitrogens is 1. The van der Waals surface area contributed by atoms with Crippen molar-refractivity contribution in [3.05, 3.63) is 97.2 Å². The van der Waals surface area contributed by atoms with Crippen molar-refractivity contribution in [3.63, 3.8) is 0 Å². The predicted octanol–water partition coefficient (Wildman–Crippen LogP) is 11.7. The maximum Gasteiger partial charge on any atom is 0.306 e. The summed E-state index contributed by atoms with van der Waals surface area (Å²) in [5.74, 6) is -1.87. The number of esters is 2. The van der Waals surface area contributed by atoms with Crippen molar-refractivity contribution < 1.29 is 38.2 Å². The van der Waals surface area contributed by atoms with Crippen molar-refractivity contribution in [3.8, 4) is 0 Å². The topological polar surface area (TPSA) is 102 Å². The van der Waals surface area contributed by atoms with Gasteiger partial charge in [0.2, 0.25) is 0 Å². The molecule has 0 saturated carbocycles. The average Bonchev–Trinajstić information content (AvgIpc) is 3.21. The number of carboxylic acids is 1. The fraction of sp³-hybridized carbons (Fsp3) is 0.635. The van der Waals surface area contributed by atoms with Crippen molar-refractivity contribution in [2.75, 3.05) is 41.0 Å². The number of aliphatic carboxylic acids is 1. The van der Waals surface area contributed by atoms with Crippen molar-refractivity contribution in [1.29, 1.82) is 0 Å². The summed E-state index contributed by atoms with van der Waals surface area (Å²) in [6.07, 6.45) is 55.9. The average molecular weight is 836 g/mol. The minimum atomic E-state index is -1.14. The smallest absolute Gasteiger partial charge is 0.306 e. The first-order valence-corrected chi connectivity index (χ1v) is 23.3. The molecular weight excluding hydrogens is 751 g/mol. The quantitative estimate of drug-likeness (QED) is 0.0262. The van der Waals surface area contributed by atoms with E-state index in [0.717, 1.165) is 77.0 Å². The molecule has 0 aromatic heterocycles. The molecule has 0 fully saturated rings. The third-order valence-electron chi connectivity index (χ3n) is 9.72. The molecule has 0 saturated heterocycles. The predicted molar refractivity (Wildman–Crippen MR) is 249 cm³/mol. The second-order valence-corrected chi connectivity index (χ2v) is 16.3. The Morgan fingerprint density at radius 1 is 0.517 bits per heavy atom. The molecule has 0 amide bonds. The SMILES string of the molecule is CC/C=C/C/C=C/C/C=C/C/C=C/C/C=C/C/C=C/CCCCCCC(=O)OC(COCCC(C(=O)[O-])[N+](C)(C)C)COC(=O)CC/C=C/C/C=C/CCCCCCCC. The van der Waals surface area contributed by atoms with Gasteiger partial charge in [-0.1, -0.05) is 156 Å². The molecule has 0 spiro atoms. The Bertz CT molecular complexity index is 1300. The molecular formula is C52H85NO7. The zero-order chi connectivity index (χ0) is 44.2. The summed E-state index contributed by atoms with van der Waals surface area (Å²) in [6.45, 7) is 4.43.